The smallest absolute Gasteiger partial charge is 0.453 e. The van der Waals surface area contributed by atoms with Crippen molar-refractivity contribution in [3.63, 3.8) is 0 Å². The first-order valence-corrected chi connectivity index (χ1v) is 6.70. The van der Waals surface area contributed by atoms with Crippen LogP contribution in [0.1, 0.15) is 17.4 Å². The molecule has 1 aromatic heterocycles. The molecular weight excluding hydrogens is 325 g/mol. The molecule has 2 aromatic rings. The van der Waals surface area contributed by atoms with Crippen LogP contribution in [-0.2, 0) is 6.18 Å². The van der Waals surface area contributed by atoms with Crippen LogP contribution in [0, 0.1) is 11.3 Å². The molecule has 0 saturated carbocycles. The molecule has 0 amide bonds. The van der Waals surface area contributed by atoms with Gasteiger partial charge in [0.1, 0.15) is 17.6 Å². The summed E-state index contributed by atoms with van der Waals surface area (Å²) in [5.74, 6) is -1.30. The normalized spacial score (nSPS) is 17.0. The second-order valence-corrected chi connectivity index (χ2v) is 4.90. The second-order valence-electron chi connectivity index (χ2n) is 4.90. The van der Waals surface area contributed by atoms with Gasteiger partial charge >= 0.3 is 6.18 Å². The van der Waals surface area contributed by atoms with E-state index in [1.165, 1.54) is 7.11 Å². The maximum Gasteiger partial charge on any atom is 0.453 e. The summed E-state index contributed by atoms with van der Waals surface area (Å²) in [5, 5.41) is 15.5. The fraction of sp³-hybridized carbons (Fsp3) is 0.214. The molecule has 0 unspecified atom stereocenters. The zero-order valence-corrected chi connectivity index (χ0v) is 12.3. The van der Waals surface area contributed by atoms with E-state index in [-0.39, 0.29) is 17.3 Å². The molecule has 24 heavy (non-hydrogen) atoms. The molecule has 10 heteroatoms. The first-order chi connectivity index (χ1) is 11.4. The van der Waals surface area contributed by atoms with Crippen molar-refractivity contribution < 1.29 is 17.9 Å². The lowest BCUT2D eigenvalue weighted by molar-refractivity contribution is -0.144. The highest BCUT2D eigenvalue weighted by molar-refractivity contribution is 5.66. The lowest BCUT2D eigenvalue weighted by atomic mass is 9.97. The van der Waals surface area contributed by atoms with Crippen molar-refractivity contribution in [3.05, 3.63) is 41.2 Å². The largest absolute Gasteiger partial charge is 0.496 e. The minimum absolute atomic E-state index is 0.0191. The summed E-state index contributed by atoms with van der Waals surface area (Å²) in [6, 6.07) is 7.90. The third kappa shape index (κ3) is 2.40. The van der Waals surface area contributed by atoms with Crippen LogP contribution in [0.4, 0.5) is 19.1 Å². The molecule has 124 valence electrons. The van der Waals surface area contributed by atoms with Crippen LogP contribution in [0.15, 0.2) is 29.8 Å². The van der Waals surface area contributed by atoms with Gasteiger partial charge in [-0.2, -0.15) is 28.1 Å². The molecule has 7 nitrogen and oxygen atoms in total. The molecule has 1 aromatic carbocycles. The third-order valence-corrected chi connectivity index (χ3v) is 3.50. The van der Waals surface area contributed by atoms with Gasteiger partial charge in [-0.25, -0.2) is 0 Å². The maximum absolute atomic E-state index is 12.8. The lowest BCUT2D eigenvalue weighted by Gasteiger charge is -2.26. The van der Waals surface area contributed by atoms with E-state index >= 15 is 0 Å². The average molecular weight is 336 g/mol. The number of hydrogen-bond acceptors (Lipinski definition) is 6. The Morgan fingerprint density at radius 2 is 2.08 bits per heavy atom. The van der Waals surface area contributed by atoms with Crippen molar-refractivity contribution in [2.24, 2.45) is 5.73 Å². The van der Waals surface area contributed by atoms with E-state index in [2.05, 4.69) is 15.4 Å². The molecule has 0 bridgehead atoms. The van der Waals surface area contributed by atoms with E-state index < -0.39 is 18.0 Å². The van der Waals surface area contributed by atoms with Gasteiger partial charge in [-0.3, -0.25) is 0 Å². The third-order valence-electron chi connectivity index (χ3n) is 3.50. The number of ether oxygens (including phenoxy) is 1. The average Bonchev–Trinajstić information content (AvgIpc) is 2.99. The van der Waals surface area contributed by atoms with Gasteiger partial charge in [0.2, 0.25) is 5.95 Å². The van der Waals surface area contributed by atoms with Crippen LogP contribution in [0.5, 0.6) is 5.75 Å². The number of nitrogens with zero attached hydrogens (tertiary/aromatic N) is 4. The predicted molar refractivity (Wildman–Crippen MR) is 77.4 cm³/mol. The number of aromatic nitrogens is 3. The number of nitriles is 1. The molecule has 0 spiro atoms. The Balaban J connectivity index is 2.14. The first kappa shape index (κ1) is 15.7. The van der Waals surface area contributed by atoms with Crippen molar-refractivity contribution in [2.75, 3.05) is 12.4 Å². The zero-order valence-electron chi connectivity index (χ0n) is 12.3. The highest BCUT2D eigenvalue weighted by Gasteiger charge is 2.40. The molecule has 0 saturated heterocycles. The van der Waals surface area contributed by atoms with E-state index in [4.69, 9.17) is 10.5 Å². The van der Waals surface area contributed by atoms with Gasteiger partial charge in [0, 0.05) is 5.56 Å². The number of halogens is 3. The van der Waals surface area contributed by atoms with Crippen molar-refractivity contribution in [3.8, 4) is 11.8 Å². The highest BCUT2D eigenvalue weighted by atomic mass is 19.4. The molecular formula is C14H11F3N6O. The Kier molecular flexibility index (Phi) is 3.56. The number of hydrogen-bond donors (Lipinski definition) is 2. The van der Waals surface area contributed by atoms with Gasteiger partial charge in [0.15, 0.2) is 0 Å². The Labute approximate surface area is 134 Å². The summed E-state index contributed by atoms with van der Waals surface area (Å²) < 4.78 is 44.4. The van der Waals surface area contributed by atoms with E-state index in [0.29, 0.717) is 11.3 Å². The lowest BCUT2D eigenvalue weighted by Crippen LogP contribution is -2.27. The monoisotopic (exact) mass is 336 g/mol. The van der Waals surface area contributed by atoms with Crippen LogP contribution in [0.3, 0.4) is 0 Å². The van der Waals surface area contributed by atoms with Gasteiger partial charge < -0.3 is 15.8 Å². The van der Waals surface area contributed by atoms with E-state index in [0.717, 1.165) is 4.68 Å². The zero-order chi connectivity index (χ0) is 17.5. The summed E-state index contributed by atoms with van der Waals surface area (Å²) in [6.45, 7) is 0. The van der Waals surface area contributed by atoms with Crippen LogP contribution < -0.4 is 15.8 Å². The topological polar surface area (TPSA) is 102 Å². The minimum Gasteiger partial charge on any atom is -0.496 e. The number of alkyl halides is 3. The Morgan fingerprint density at radius 3 is 2.71 bits per heavy atom. The Bertz CT molecular complexity index is 864. The van der Waals surface area contributed by atoms with Gasteiger partial charge in [-0.05, 0) is 6.07 Å². The summed E-state index contributed by atoms with van der Waals surface area (Å²) in [7, 11) is 1.45. The second kappa shape index (κ2) is 5.45. The minimum atomic E-state index is -4.72. The number of fused-ring (bicyclic) bond motifs is 1. The number of benzene rings is 1. The van der Waals surface area contributed by atoms with E-state index in [9.17, 15) is 18.4 Å². The fourth-order valence-corrected chi connectivity index (χ4v) is 2.42. The van der Waals surface area contributed by atoms with Crippen LogP contribution in [0.25, 0.3) is 5.82 Å². The maximum atomic E-state index is 12.8. The van der Waals surface area contributed by atoms with Gasteiger partial charge in [0.05, 0.1) is 18.7 Å². The molecule has 1 atom stereocenters. The van der Waals surface area contributed by atoms with Crippen LogP contribution in [-0.4, -0.2) is 21.9 Å². The summed E-state index contributed by atoms with van der Waals surface area (Å²) in [5.41, 5.74) is 6.41. The van der Waals surface area contributed by atoms with Crippen molar-refractivity contribution in [1.29, 1.82) is 5.26 Å². The molecule has 3 N–H and O–H groups in total. The summed E-state index contributed by atoms with van der Waals surface area (Å²) in [4.78, 5) is 3.42. The molecule has 1 aliphatic rings. The first-order valence-electron chi connectivity index (χ1n) is 6.70. The molecule has 3 rings (SSSR count). The molecule has 0 radical (unpaired) electrons. The Hall–Kier alpha value is -3.22. The molecule has 2 heterocycles. The van der Waals surface area contributed by atoms with Gasteiger partial charge in [0.25, 0.3) is 5.82 Å². The summed E-state index contributed by atoms with van der Waals surface area (Å²) in [6.07, 6.45) is -4.72. The van der Waals surface area contributed by atoms with Gasteiger partial charge in [-0.15, -0.1) is 5.10 Å². The molecule has 0 aliphatic carbocycles. The van der Waals surface area contributed by atoms with Crippen molar-refractivity contribution in [2.45, 2.75) is 12.2 Å². The number of methoxy groups -OCH3 is 1. The molecule has 0 fully saturated rings. The van der Waals surface area contributed by atoms with E-state index in [1.807, 2.05) is 6.07 Å². The van der Waals surface area contributed by atoms with Crippen molar-refractivity contribution >= 4 is 11.8 Å². The summed E-state index contributed by atoms with van der Waals surface area (Å²) >= 11 is 0. The van der Waals surface area contributed by atoms with Crippen molar-refractivity contribution in [1.82, 2.24) is 14.8 Å². The predicted octanol–water partition coefficient (Wildman–Crippen LogP) is 2.12. The number of nitrogens with one attached hydrogen (secondary N) is 1. The van der Waals surface area contributed by atoms with Crippen LogP contribution >= 0.6 is 0 Å². The number of nitrogens with two attached hydrogens (primary N) is 1. The number of para-hydroxylation sites is 1. The van der Waals surface area contributed by atoms with Crippen LogP contribution in [0.2, 0.25) is 0 Å². The standard InChI is InChI=1S/C14H11F3N6O/c1-24-9-5-3-2-4-7(9)10-8(6-18)11(19)23-13(20-10)21-12(22-23)14(15,16)17/h2-5,10H,19H2,1H3,(H,20,21,22)/t10-/m0/s1. The quantitative estimate of drug-likeness (QED) is 0.871. The molecule has 1 aliphatic heterocycles. The SMILES string of the molecule is COc1ccccc1[C@@H]1Nc2nc(C(F)(F)F)nn2C(N)=C1C#N. The van der Waals surface area contributed by atoms with Gasteiger partial charge in [-0.1, -0.05) is 18.2 Å². The number of rotatable bonds is 2. The fourth-order valence-electron chi connectivity index (χ4n) is 2.42. The highest BCUT2D eigenvalue weighted by Crippen LogP contribution is 2.38. The van der Waals surface area contributed by atoms with E-state index in [1.54, 1.807) is 24.3 Å². The number of anilines is 1. The Morgan fingerprint density at radius 1 is 1.38 bits per heavy atom.